The number of rotatable bonds is 2. The topological polar surface area (TPSA) is 33.7 Å². The Labute approximate surface area is 142 Å². The lowest BCUT2D eigenvalue weighted by molar-refractivity contribution is -0.0678. The van der Waals surface area contributed by atoms with E-state index in [1.54, 1.807) is 7.11 Å². The highest BCUT2D eigenvalue weighted by molar-refractivity contribution is 5.74. The molecule has 0 saturated carbocycles. The van der Waals surface area contributed by atoms with Crippen molar-refractivity contribution < 1.29 is 9.57 Å². The van der Waals surface area contributed by atoms with E-state index in [9.17, 15) is 0 Å². The smallest absolute Gasteiger partial charge is 0.197 e. The van der Waals surface area contributed by atoms with Gasteiger partial charge in [0.2, 0.25) is 0 Å². The summed E-state index contributed by atoms with van der Waals surface area (Å²) in [5, 5.41) is 0. The van der Waals surface area contributed by atoms with Gasteiger partial charge in [-0.05, 0) is 29.8 Å². The molecule has 124 valence electrons. The van der Waals surface area contributed by atoms with Crippen LogP contribution in [-0.4, -0.2) is 19.9 Å². The molecule has 0 aromatic heterocycles. The Kier molecular flexibility index (Phi) is 3.15. The number of hydroxylamine groups is 1. The second-order valence-electron chi connectivity index (χ2n) is 6.89. The molecule has 0 fully saturated rings. The molecule has 24 heavy (non-hydrogen) atoms. The lowest BCUT2D eigenvalue weighted by Crippen LogP contribution is -2.54. The van der Waals surface area contributed by atoms with Crippen LogP contribution >= 0.6 is 0 Å². The molecule has 2 aromatic rings. The molecule has 4 nitrogen and oxygen atoms in total. The van der Waals surface area contributed by atoms with Crippen molar-refractivity contribution in [2.45, 2.75) is 25.0 Å². The highest BCUT2D eigenvalue weighted by Gasteiger charge is 2.58. The van der Waals surface area contributed by atoms with Crippen LogP contribution in [-0.2, 0) is 10.3 Å². The Bertz CT molecular complexity index is 828. The van der Waals surface area contributed by atoms with Gasteiger partial charge < -0.3 is 9.64 Å². The number of hydrogen-bond acceptors (Lipinski definition) is 4. The summed E-state index contributed by atoms with van der Waals surface area (Å²) in [6.07, 6.45) is 2.18. The quantitative estimate of drug-likeness (QED) is 0.914. The third-order valence-electron chi connectivity index (χ3n) is 5.37. The summed E-state index contributed by atoms with van der Waals surface area (Å²) in [5.74, 6) is 0.832. The van der Waals surface area contributed by atoms with Gasteiger partial charge in [0, 0.05) is 23.7 Å². The first kappa shape index (κ1) is 15.1. The second-order valence-corrected chi connectivity index (χ2v) is 6.89. The zero-order chi connectivity index (χ0) is 16.9. The molecule has 4 rings (SSSR count). The standard InChI is InChI=1S/C20H22N2O2/c1-19(2)16-10-5-6-11-18(16)22(3)20(19)13-17(21-24-20)14-8-7-9-15(12-14)23-4/h5-13,21H,1-4H3/t20-/m0/s1. The largest absolute Gasteiger partial charge is 0.497 e. The average molecular weight is 322 g/mol. The molecule has 1 N–H and O–H groups in total. The molecular formula is C20H22N2O2. The highest BCUT2D eigenvalue weighted by atomic mass is 16.7. The van der Waals surface area contributed by atoms with Gasteiger partial charge in [-0.25, -0.2) is 4.84 Å². The van der Waals surface area contributed by atoms with Crippen molar-refractivity contribution in [2.75, 3.05) is 19.1 Å². The molecule has 0 unspecified atom stereocenters. The molecule has 0 bridgehead atoms. The fraction of sp³-hybridized carbons (Fsp3) is 0.300. The zero-order valence-electron chi connectivity index (χ0n) is 14.5. The maximum atomic E-state index is 6.19. The molecule has 2 aliphatic heterocycles. The first-order valence-electron chi connectivity index (χ1n) is 8.14. The van der Waals surface area contributed by atoms with E-state index >= 15 is 0 Å². The van der Waals surface area contributed by atoms with E-state index < -0.39 is 5.72 Å². The van der Waals surface area contributed by atoms with Crippen LogP contribution in [0.5, 0.6) is 5.75 Å². The Morgan fingerprint density at radius 3 is 2.62 bits per heavy atom. The van der Waals surface area contributed by atoms with Gasteiger partial charge in [0.05, 0.1) is 12.8 Å². The molecule has 2 aliphatic rings. The van der Waals surface area contributed by atoms with Gasteiger partial charge >= 0.3 is 0 Å². The maximum absolute atomic E-state index is 6.19. The van der Waals surface area contributed by atoms with E-state index in [0.717, 1.165) is 17.0 Å². The van der Waals surface area contributed by atoms with Crippen LogP contribution in [0.3, 0.4) is 0 Å². The Balaban J connectivity index is 1.81. The van der Waals surface area contributed by atoms with Crippen molar-refractivity contribution in [1.82, 2.24) is 5.48 Å². The van der Waals surface area contributed by atoms with Crippen molar-refractivity contribution in [3.8, 4) is 5.75 Å². The van der Waals surface area contributed by atoms with Crippen molar-refractivity contribution in [3.05, 3.63) is 65.7 Å². The number of nitrogens with zero attached hydrogens (tertiary/aromatic N) is 1. The van der Waals surface area contributed by atoms with Crippen LogP contribution in [0.4, 0.5) is 5.69 Å². The van der Waals surface area contributed by atoms with E-state index in [-0.39, 0.29) is 5.41 Å². The monoisotopic (exact) mass is 322 g/mol. The van der Waals surface area contributed by atoms with E-state index in [0.29, 0.717) is 0 Å². The molecule has 1 atom stereocenters. The second kappa shape index (κ2) is 5.02. The Morgan fingerprint density at radius 2 is 1.88 bits per heavy atom. The lowest BCUT2D eigenvalue weighted by atomic mass is 9.77. The fourth-order valence-electron chi connectivity index (χ4n) is 3.88. The highest BCUT2D eigenvalue weighted by Crippen LogP contribution is 2.54. The summed E-state index contributed by atoms with van der Waals surface area (Å²) < 4.78 is 5.34. The number of methoxy groups -OCH3 is 1. The summed E-state index contributed by atoms with van der Waals surface area (Å²) in [4.78, 5) is 8.41. The Morgan fingerprint density at radius 1 is 1.08 bits per heavy atom. The van der Waals surface area contributed by atoms with Crippen LogP contribution < -0.4 is 15.1 Å². The van der Waals surface area contributed by atoms with Crippen molar-refractivity contribution >= 4 is 11.4 Å². The number of para-hydroxylation sites is 1. The number of anilines is 1. The number of benzene rings is 2. The van der Waals surface area contributed by atoms with Gasteiger partial charge in [-0.1, -0.05) is 44.2 Å². The molecule has 0 amide bonds. The van der Waals surface area contributed by atoms with Gasteiger partial charge in [0.15, 0.2) is 5.72 Å². The minimum absolute atomic E-state index is 0.189. The van der Waals surface area contributed by atoms with E-state index in [1.807, 2.05) is 18.2 Å². The van der Waals surface area contributed by atoms with Crippen LogP contribution in [0.2, 0.25) is 0 Å². The minimum atomic E-state index is -0.560. The van der Waals surface area contributed by atoms with E-state index in [4.69, 9.17) is 9.57 Å². The number of nitrogens with one attached hydrogen (secondary N) is 1. The van der Waals surface area contributed by atoms with Gasteiger partial charge in [-0.3, -0.25) is 5.48 Å². The Hall–Kier alpha value is -2.46. The molecule has 4 heteroatoms. The molecule has 0 saturated heterocycles. The average Bonchev–Trinajstić information content (AvgIpc) is 3.13. The third kappa shape index (κ3) is 1.83. The summed E-state index contributed by atoms with van der Waals surface area (Å²) >= 11 is 0. The van der Waals surface area contributed by atoms with Crippen molar-refractivity contribution in [2.24, 2.45) is 0 Å². The third-order valence-corrected chi connectivity index (χ3v) is 5.37. The molecule has 0 aliphatic carbocycles. The molecular weight excluding hydrogens is 300 g/mol. The van der Waals surface area contributed by atoms with E-state index in [2.05, 4.69) is 67.7 Å². The maximum Gasteiger partial charge on any atom is 0.197 e. The predicted molar refractivity (Wildman–Crippen MR) is 95.8 cm³/mol. The zero-order valence-corrected chi connectivity index (χ0v) is 14.5. The van der Waals surface area contributed by atoms with Gasteiger partial charge in [-0.15, -0.1) is 0 Å². The summed E-state index contributed by atoms with van der Waals surface area (Å²) in [6.45, 7) is 4.45. The minimum Gasteiger partial charge on any atom is -0.497 e. The van der Waals surface area contributed by atoms with Crippen molar-refractivity contribution in [1.29, 1.82) is 0 Å². The van der Waals surface area contributed by atoms with Gasteiger partial charge in [-0.2, -0.15) is 0 Å². The molecule has 0 radical (unpaired) electrons. The fourth-order valence-corrected chi connectivity index (χ4v) is 3.88. The van der Waals surface area contributed by atoms with Crippen LogP contribution in [0, 0.1) is 0 Å². The molecule has 2 heterocycles. The van der Waals surface area contributed by atoms with Crippen LogP contribution in [0.15, 0.2) is 54.6 Å². The summed E-state index contributed by atoms with van der Waals surface area (Å²) in [5.41, 5.74) is 6.89. The van der Waals surface area contributed by atoms with Gasteiger partial charge in [0.25, 0.3) is 0 Å². The number of likely N-dealkylation sites (N-methyl/N-ethyl adjacent to an activating group) is 1. The molecule has 1 spiro atoms. The predicted octanol–water partition coefficient (Wildman–Crippen LogP) is 3.69. The number of hydrogen-bond donors (Lipinski definition) is 1. The first-order valence-corrected chi connectivity index (χ1v) is 8.14. The van der Waals surface area contributed by atoms with E-state index in [1.165, 1.54) is 11.3 Å². The van der Waals surface area contributed by atoms with Crippen molar-refractivity contribution in [3.63, 3.8) is 0 Å². The number of ether oxygens (including phenoxy) is 1. The summed E-state index contributed by atoms with van der Waals surface area (Å²) in [6, 6.07) is 16.5. The van der Waals surface area contributed by atoms with Crippen LogP contribution in [0.25, 0.3) is 5.70 Å². The lowest BCUT2D eigenvalue weighted by Gasteiger charge is -2.39. The van der Waals surface area contributed by atoms with Gasteiger partial charge in [0.1, 0.15) is 5.75 Å². The number of fused-ring (bicyclic) bond motifs is 1. The summed E-state index contributed by atoms with van der Waals surface area (Å²) in [7, 11) is 3.76. The SMILES string of the molecule is COc1cccc(C2=C[C@@]3(ON2)N(C)c2ccccc2C3(C)C)c1. The normalized spacial score (nSPS) is 23.8. The van der Waals surface area contributed by atoms with Crippen LogP contribution in [0.1, 0.15) is 25.0 Å². The molecule has 2 aromatic carbocycles. The first-order chi connectivity index (χ1) is 11.5.